The number of carbonyl (C=O) groups excluding carboxylic acids is 2. The number of fused-ring (bicyclic) bond motifs is 6. The van der Waals surface area contributed by atoms with E-state index in [1.165, 1.54) is 21.7 Å². The molecule has 2 aliphatic heterocycles. The Kier molecular flexibility index (Phi) is 7.01. The number of pyridine rings is 1. The van der Waals surface area contributed by atoms with Crippen LogP contribution in [0.2, 0.25) is 0 Å². The Labute approximate surface area is 237 Å². The molecule has 6 rings (SSSR count). The summed E-state index contributed by atoms with van der Waals surface area (Å²) in [6, 6.07) is 13.9. The smallest absolute Gasteiger partial charge is 0.279 e. The summed E-state index contributed by atoms with van der Waals surface area (Å²) >= 11 is 0. The van der Waals surface area contributed by atoms with Crippen LogP contribution in [0.4, 0.5) is 23.2 Å². The molecule has 0 saturated carbocycles. The number of nitrogens with one attached hydrogen (secondary N) is 1. The minimum atomic E-state index is -1.20. The Balaban J connectivity index is 1.42. The zero-order valence-corrected chi connectivity index (χ0v) is 22.0. The molecule has 11 heteroatoms. The molecule has 2 bridgehead atoms. The number of carbonyl (C=O) groups is 2. The molecule has 1 atom stereocenters. The number of aromatic nitrogens is 1. The van der Waals surface area contributed by atoms with Crippen LogP contribution in [0.5, 0.6) is 5.75 Å². The van der Waals surface area contributed by atoms with Crippen LogP contribution < -0.4 is 20.4 Å². The third kappa shape index (κ3) is 4.80. The lowest BCUT2D eigenvalue weighted by molar-refractivity contribution is 0.0926. The Morgan fingerprint density at radius 2 is 1.69 bits per heavy atom. The van der Waals surface area contributed by atoms with Gasteiger partial charge in [-0.2, -0.15) is 0 Å². The first kappa shape index (κ1) is 27.3. The molecule has 1 aromatic heterocycles. The van der Waals surface area contributed by atoms with Gasteiger partial charge in [0.25, 0.3) is 11.8 Å². The summed E-state index contributed by atoms with van der Waals surface area (Å²) in [6.45, 7) is -0.681. The lowest BCUT2D eigenvalue weighted by Crippen LogP contribution is -2.45. The van der Waals surface area contributed by atoms with E-state index in [0.29, 0.717) is 36.1 Å². The van der Waals surface area contributed by atoms with E-state index < -0.39 is 70.0 Å². The van der Waals surface area contributed by atoms with Crippen molar-refractivity contribution in [3.63, 3.8) is 0 Å². The molecule has 214 valence electrons. The molecule has 0 unspecified atom stereocenters. The summed E-state index contributed by atoms with van der Waals surface area (Å²) in [6.07, 6.45) is 2.12. The number of hydrogen-bond acceptors (Lipinski definition) is 4. The molecule has 0 spiro atoms. The van der Waals surface area contributed by atoms with Crippen molar-refractivity contribution in [2.45, 2.75) is 32.0 Å². The lowest BCUT2D eigenvalue weighted by Gasteiger charge is -2.35. The van der Waals surface area contributed by atoms with Crippen LogP contribution in [0.15, 0.2) is 71.7 Å². The van der Waals surface area contributed by atoms with Gasteiger partial charge in [0, 0.05) is 37.0 Å². The number of amides is 2. The molecule has 3 aromatic carbocycles. The molecule has 3 heterocycles. The highest BCUT2D eigenvalue weighted by atomic mass is 19.1. The second-order valence-electron chi connectivity index (χ2n) is 10.1. The van der Waals surface area contributed by atoms with Gasteiger partial charge in [0.15, 0.2) is 11.4 Å². The third-order valence-corrected chi connectivity index (χ3v) is 7.52. The SMILES string of the molecule is O=C(NCc1c(F)cc(F)cc1F)c1cn2c(c(OCc3ccccc3)c1=O)C(=O)N1C[C@@H]2CCc2cccc(F)c21. The number of para-hydroxylation sites is 1. The topological polar surface area (TPSA) is 80.6 Å². The monoisotopic (exact) mass is 577 g/mol. The van der Waals surface area contributed by atoms with Crippen molar-refractivity contribution in [1.82, 2.24) is 9.88 Å². The quantitative estimate of drug-likeness (QED) is 0.325. The van der Waals surface area contributed by atoms with E-state index >= 15 is 0 Å². The van der Waals surface area contributed by atoms with Crippen LogP contribution in [0, 0.1) is 23.3 Å². The Morgan fingerprint density at radius 3 is 2.43 bits per heavy atom. The number of ether oxygens (including phenoxy) is 1. The number of hydrogen-bond donors (Lipinski definition) is 1. The van der Waals surface area contributed by atoms with Gasteiger partial charge in [-0.25, -0.2) is 17.6 Å². The minimum absolute atomic E-state index is 0.0911. The molecule has 2 aliphatic rings. The third-order valence-electron chi connectivity index (χ3n) is 7.52. The average molecular weight is 578 g/mol. The van der Waals surface area contributed by atoms with Gasteiger partial charge in [0.1, 0.15) is 35.4 Å². The number of benzene rings is 3. The average Bonchev–Trinajstić information content (AvgIpc) is 3.14. The molecular formula is C31H23F4N3O4. The molecule has 42 heavy (non-hydrogen) atoms. The summed E-state index contributed by atoms with van der Waals surface area (Å²) < 4.78 is 64.1. The molecular weight excluding hydrogens is 554 g/mol. The maximum Gasteiger partial charge on any atom is 0.279 e. The van der Waals surface area contributed by atoms with Crippen molar-refractivity contribution < 1.29 is 31.9 Å². The Morgan fingerprint density at radius 1 is 0.952 bits per heavy atom. The fraction of sp³-hybridized carbons (Fsp3) is 0.194. The summed E-state index contributed by atoms with van der Waals surface area (Å²) in [5, 5.41) is 2.31. The van der Waals surface area contributed by atoms with Crippen molar-refractivity contribution in [3.05, 3.63) is 128 Å². The largest absolute Gasteiger partial charge is 0.483 e. The van der Waals surface area contributed by atoms with Crippen LogP contribution in [0.25, 0.3) is 0 Å². The van der Waals surface area contributed by atoms with Gasteiger partial charge in [0.05, 0.1) is 11.7 Å². The normalized spacial score (nSPS) is 15.5. The molecule has 2 amide bonds. The number of rotatable bonds is 6. The van der Waals surface area contributed by atoms with Crippen molar-refractivity contribution in [2.24, 2.45) is 0 Å². The Bertz CT molecular complexity index is 1770. The van der Waals surface area contributed by atoms with Crippen LogP contribution in [0.1, 0.15) is 50.0 Å². The van der Waals surface area contributed by atoms with Crippen molar-refractivity contribution >= 4 is 17.5 Å². The van der Waals surface area contributed by atoms with E-state index in [9.17, 15) is 31.9 Å². The molecule has 4 aromatic rings. The molecule has 0 radical (unpaired) electrons. The zero-order valence-electron chi connectivity index (χ0n) is 22.0. The number of nitrogens with zero attached hydrogens (tertiary/aromatic N) is 2. The highest BCUT2D eigenvalue weighted by molar-refractivity contribution is 6.09. The van der Waals surface area contributed by atoms with Crippen LogP contribution in [0.3, 0.4) is 0 Å². The van der Waals surface area contributed by atoms with Crippen molar-refractivity contribution in [3.8, 4) is 5.75 Å². The number of halogens is 4. The molecule has 7 nitrogen and oxygen atoms in total. The van der Waals surface area contributed by atoms with E-state index in [2.05, 4.69) is 5.32 Å². The fourth-order valence-corrected chi connectivity index (χ4v) is 5.45. The molecule has 0 aliphatic carbocycles. The molecule has 0 fully saturated rings. The van der Waals surface area contributed by atoms with Crippen molar-refractivity contribution in [2.75, 3.05) is 11.4 Å². The van der Waals surface area contributed by atoms with E-state index in [1.54, 1.807) is 42.5 Å². The zero-order chi connectivity index (χ0) is 29.5. The summed E-state index contributed by atoms with van der Waals surface area (Å²) in [7, 11) is 0. The van der Waals surface area contributed by atoms with Crippen LogP contribution >= 0.6 is 0 Å². The minimum Gasteiger partial charge on any atom is -0.483 e. The van der Waals surface area contributed by atoms with Gasteiger partial charge >= 0.3 is 0 Å². The van der Waals surface area contributed by atoms with Gasteiger partial charge < -0.3 is 19.5 Å². The predicted molar refractivity (Wildman–Crippen MR) is 144 cm³/mol. The van der Waals surface area contributed by atoms with E-state index in [0.717, 1.165) is 0 Å². The van der Waals surface area contributed by atoms with Gasteiger partial charge in [-0.15, -0.1) is 0 Å². The molecule has 1 N–H and O–H groups in total. The maximum atomic E-state index is 15.0. The summed E-state index contributed by atoms with van der Waals surface area (Å²) in [5.41, 5.74) is -0.591. The lowest BCUT2D eigenvalue weighted by atomic mass is 10.0. The highest BCUT2D eigenvalue weighted by Gasteiger charge is 2.40. The maximum absolute atomic E-state index is 15.0. The Hall–Kier alpha value is -4.93. The summed E-state index contributed by atoms with van der Waals surface area (Å²) in [5.74, 6) is -6.11. The summed E-state index contributed by atoms with van der Waals surface area (Å²) in [4.78, 5) is 42.1. The predicted octanol–water partition coefficient (Wildman–Crippen LogP) is 5.06. The van der Waals surface area contributed by atoms with Crippen LogP contribution in [-0.4, -0.2) is 22.9 Å². The van der Waals surface area contributed by atoms with Gasteiger partial charge in [-0.1, -0.05) is 42.5 Å². The van der Waals surface area contributed by atoms with Gasteiger partial charge in [-0.05, 0) is 30.0 Å². The number of anilines is 1. The van der Waals surface area contributed by atoms with Gasteiger partial charge in [0.2, 0.25) is 5.43 Å². The first-order valence-corrected chi connectivity index (χ1v) is 13.2. The highest BCUT2D eigenvalue weighted by Crippen LogP contribution is 2.39. The van der Waals surface area contributed by atoms with E-state index in [-0.39, 0.29) is 24.5 Å². The van der Waals surface area contributed by atoms with Crippen LogP contribution in [-0.2, 0) is 19.6 Å². The fourth-order valence-electron chi connectivity index (χ4n) is 5.45. The first-order chi connectivity index (χ1) is 20.2. The standard InChI is InChI=1S/C31H23F4N3O4/c32-19-11-24(34)21(25(35)12-19)13-36-30(40)22-15-37-20-10-9-18-7-4-8-23(33)26(18)38(14-20)31(41)27(37)29(28(22)39)42-16-17-5-2-1-3-6-17/h1-8,11-12,15,20H,9-10,13-14,16H2,(H,36,40)/t20-/m0/s1. The van der Waals surface area contributed by atoms with Crippen molar-refractivity contribution in [1.29, 1.82) is 0 Å². The number of aryl methyl sites for hydroxylation is 1. The second-order valence-corrected chi connectivity index (χ2v) is 10.1. The second kappa shape index (κ2) is 10.8. The van der Waals surface area contributed by atoms with E-state index in [1.807, 2.05) is 0 Å². The first-order valence-electron chi connectivity index (χ1n) is 13.2. The van der Waals surface area contributed by atoms with E-state index in [4.69, 9.17) is 4.74 Å². The van der Waals surface area contributed by atoms with Gasteiger partial charge in [-0.3, -0.25) is 14.4 Å². The molecule has 0 saturated heterocycles.